The molecular weight excluding hydrogens is 480 g/mol. The quantitative estimate of drug-likeness (QED) is 0.355. The summed E-state index contributed by atoms with van der Waals surface area (Å²) in [4.78, 5) is 25.9. The summed E-state index contributed by atoms with van der Waals surface area (Å²) in [6.07, 6.45) is 3.64. The van der Waals surface area contributed by atoms with Gasteiger partial charge in [0.15, 0.2) is 0 Å². The van der Waals surface area contributed by atoms with Gasteiger partial charge in [0, 0.05) is 11.2 Å². The van der Waals surface area contributed by atoms with E-state index < -0.39 is 22.4 Å². The van der Waals surface area contributed by atoms with Crippen molar-refractivity contribution in [3.63, 3.8) is 0 Å². The predicted molar refractivity (Wildman–Crippen MR) is 128 cm³/mol. The summed E-state index contributed by atoms with van der Waals surface area (Å²) in [6, 6.07) is 19.4. The maximum atomic E-state index is 12.3. The van der Waals surface area contributed by atoms with Crippen LogP contribution in [0.1, 0.15) is 24.0 Å². The molecule has 4 rings (SSSR count). The van der Waals surface area contributed by atoms with Crippen LogP contribution in [0.3, 0.4) is 0 Å². The van der Waals surface area contributed by atoms with Crippen molar-refractivity contribution in [1.82, 2.24) is 4.90 Å². The molecule has 1 fully saturated rings. The first-order chi connectivity index (χ1) is 16.0. The molecule has 5 N–H and O–H groups in total. The van der Waals surface area contributed by atoms with Crippen molar-refractivity contribution < 1.29 is 32.2 Å². The normalized spacial score (nSPS) is 22.2. The molecule has 1 unspecified atom stereocenters. The number of nitrogens with two attached hydrogens (primary N) is 1. The van der Waals surface area contributed by atoms with Crippen LogP contribution in [0, 0.1) is 0 Å². The summed E-state index contributed by atoms with van der Waals surface area (Å²) in [5.41, 5.74) is 8.92. The Morgan fingerprint density at radius 3 is 1.94 bits per heavy atom. The van der Waals surface area contributed by atoms with E-state index in [9.17, 15) is 14.7 Å². The standard InChI is InChI=1S/C23H22N2O3S.H2O4S/c1-2-9-16-19(23(27)28)25-21(26)18(24)22(25)29-20(16)17(14-10-5-3-6-11-14)15-12-7-4-8-13-15;1-5(2,3)4/h2-13,17-18,20,22H,24H2,1H3,(H,27,28);(H2,1,2,3,4)/b9-2-;/t18-,20?,22-;/m1./s1. The van der Waals surface area contributed by atoms with Gasteiger partial charge in [0.1, 0.15) is 17.1 Å². The van der Waals surface area contributed by atoms with E-state index in [4.69, 9.17) is 23.3 Å². The number of aliphatic carboxylic acids is 1. The Labute approximate surface area is 201 Å². The highest BCUT2D eigenvalue weighted by Crippen LogP contribution is 2.50. The first kappa shape index (κ1) is 25.7. The smallest absolute Gasteiger partial charge is 0.394 e. The van der Waals surface area contributed by atoms with Crippen LogP contribution >= 0.6 is 11.8 Å². The summed E-state index contributed by atoms with van der Waals surface area (Å²) in [6.45, 7) is 1.85. The fourth-order valence-corrected chi connectivity index (χ4v) is 5.79. The fourth-order valence-electron chi connectivity index (χ4n) is 4.07. The third-order valence-electron chi connectivity index (χ3n) is 5.36. The topological polar surface area (TPSA) is 158 Å². The number of benzene rings is 2. The second-order valence-corrected chi connectivity index (χ2v) is 9.70. The van der Waals surface area contributed by atoms with Crippen LogP contribution in [0.4, 0.5) is 0 Å². The van der Waals surface area contributed by atoms with Gasteiger partial charge < -0.3 is 10.8 Å². The Balaban J connectivity index is 0.000000588. The predicted octanol–water partition coefficient (Wildman–Crippen LogP) is 2.69. The number of fused-ring (bicyclic) bond motifs is 1. The molecule has 2 aliphatic heterocycles. The Morgan fingerprint density at radius 1 is 1.06 bits per heavy atom. The lowest BCUT2D eigenvalue weighted by Crippen LogP contribution is -2.69. The molecule has 0 radical (unpaired) electrons. The maximum absolute atomic E-state index is 12.3. The zero-order chi connectivity index (χ0) is 25.0. The third kappa shape index (κ3) is 5.57. The molecule has 34 heavy (non-hydrogen) atoms. The molecule has 0 aliphatic carbocycles. The monoisotopic (exact) mass is 504 g/mol. The molecule has 0 saturated carbocycles. The molecule has 11 heteroatoms. The Hall–Kier alpha value is -2.96. The van der Waals surface area contributed by atoms with Crippen LogP contribution in [-0.4, -0.2) is 56.1 Å². The van der Waals surface area contributed by atoms with E-state index in [1.54, 1.807) is 11.8 Å². The number of carbonyl (C=O) groups excluding carboxylic acids is 1. The number of hydrogen-bond donors (Lipinski definition) is 4. The Morgan fingerprint density at radius 2 is 1.53 bits per heavy atom. The SMILES string of the molecule is C/C=C\C1=C(C(=O)O)N2C(=O)[C@@H](N)[C@H]2SC1C(c1ccccc1)c1ccccc1.O=S(=O)(O)O. The lowest BCUT2D eigenvalue weighted by atomic mass is 9.84. The van der Waals surface area contributed by atoms with Gasteiger partial charge in [0.05, 0.1) is 0 Å². The van der Waals surface area contributed by atoms with E-state index in [0.717, 1.165) is 11.1 Å². The highest BCUT2D eigenvalue weighted by molar-refractivity contribution is 8.01. The zero-order valence-corrected chi connectivity index (χ0v) is 19.7. The molecule has 2 aromatic rings. The highest BCUT2D eigenvalue weighted by Gasteiger charge is 2.55. The van der Waals surface area contributed by atoms with Crippen molar-refractivity contribution >= 4 is 34.0 Å². The van der Waals surface area contributed by atoms with Gasteiger partial charge in [-0.25, -0.2) is 4.79 Å². The molecule has 2 heterocycles. The van der Waals surface area contributed by atoms with E-state index in [-0.39, 0.29) is 28.1 Å². The number of carboxylic acids is 1. The Bertz CT molecular complexity index is 1170. The van der Waals surface area contributed by atoms with Crippen molar-refractivity contribution in [2.45, 2.75) is 29.5 Å². The molecule has 9 nitrogen and oxygen atoms in total. The van der Waals surface area contributed by atoms with Crippen molar-refractivity contribution in [2.24, 2.45) is 5.73 Å². The highest BCUT2D eigenvalue weighted by atomic mass is 32.3. The average Bonchev–Trinajstić information content (AvgIpc) is 2.79. The summed E-state index contributed by atoms with van der Waals surface area (Å²) in [5.74, 6) is -1.52. The van der Waals surface area contributed by atoms with Crippen LogP contribution in [-0.2, 0) is 20.0 Å². The molecule has 3 atom stereocenters. The number of β-lactam (4-membered cyclic amide) rings is 1. The number of amides is 1. The molecule has 0 bridgehead atoms. The minimum Gasteiger partial charge on any atom is -0.477 e. The Kier molecular flexibility index (Phi) is 7.95. The van der Waals surface area contributed by atoms with Crippen LogP contribution < -0.4 is 5.73 Å². The van der Waals surface area contributed by atoms with Crippen LogP contribution in [0.2, 0.25) is 0 Å². The number of thioether (sulfide) groups is 1. The van der Waals surface area contributed by atoms with Gasteiger partial charge in [-0.1, -0.05) is 72.8 Å². The zero-order valence-electron chi connectivity index (χ0n) is 18.1. The molecule has 1 saturated heterocycles. The molecule has 1 amide bonds. The van der Waals surface area contributed by atoms with Gasteiger partial charge in [-0.15, -0.1) is 11.8 Å². The van der Waals surface area contributed by atoms with Gasteiger partial charge in [-0.3, -0.25) is 18.8 Å². The minimum atomic E-state index is -4.67. The lowest BCUT2D eigenvalue weighted by Gasteiger charge is -2.51. The van der Waals surface area contributed by atoms with Gasteiger partial charge in [-0.2, -0.15) is 8.42 Å². The van der Waals surface area contributed by atoms with Crippen LogP contribution in [0.25, 0.3) is 0 Å². The molecule has 2 aliphatic rings. The fraction of sp³-hybridized carbons (Fsp3) is 0.217. The molecule has 0 aromatic heterocycles. The molecule has 0 spiro atoms. The van der Waals surface area contributed by atoms with Crippen molar-refractivity contribution in [3.8, 4) is 0 Å². The van der Waals surface area contributed by atoms with Gasteiger partial charge in [-0.05, 0) is 23.6 Å². The van der Waals surface area contributed by atoms with Crippen LogP contribution in [0.15, 0.2) is 84.1 Å². The maximum Gasteiger partial charge on any atom is 0.394 e. The van der Waals surface area contributed by atoms with Gasteiger partial charge >= 0.3 is 16.4 Å². The van der Waals surface area contributed by atoms with Crippen molar-refractivity contribution in [2.75, 3.05) is 0 Å². The molecular formula is C23H24N2O7S2. The lowest BCUT2D eigenvalue weighted by molar-refractivity contribution is -0.148. The minimum absolute atomic E-state index is 0.0420. The number of rotatable bonds is 5. The van der Waals surface area contributed by atoms with Crippen LogP contribution in [0.5, 0.6) is 0 Å². The first-order valence-corrected chi connectivity index (χ1v) is 12.5. The third-order valence-corrected chi connectivity index (χ3v) is 6.96. The number of carbonyl (C=O) groups is 2. The summed E-state index contributed by atoms with van der Waals surface area (Å²) >= 11 is 1.57. The van der Waals surface area contributed by atoms with Gasteiger partial charge in [0.25, 0.3) is 0 Å². The number of allylic oxidation sites excluding steroid dienone is 2. The first-order valence-electron chi connectivity index (χ1n) is 10.2. The average molecular weight is 505 g/mol. The molecule has 2 aromatic carbocycles. The van der Waals surface area contributed by atoms with E-state index in [1.165, 1.54) is 4.90 Å². The molecule has 180 valence electrons. The second-order valence-electron chi connectivity index (χ2n) is 7.54. The summed E-state index contributed by atoms with van der Waals surface area (Å²) in [7, 11) is -4.67. The number of nitrogens with zero attached hydrogens (tertiary/aromatic N) is 1. The summed E-state index contributed by atoms with van der Waals surface area (Å²) in [5, 5.41) is 9.40. The number of carboxylic acid groups (broad SMARTS) is 1. The number of hydrogen-bond acceptors (Lipinski definition) is 6. The van der Waals surface area contributed by atoms with E-state index >= 15 is 0 Å². The van der Waals surface area contributed by atoms with Gasteiger partial charge in [0.2, 0.25) is 5.91 Å². The van der Waals surface area contributed by atoms with Crippen molar-refractivity contribution in [1.29, 1.82) is 0 Å². The van der Waals surface area contributed by atoms with Crippen molar-refractivity contribution in [3.05, 3.63) is 95.2 Å². The van der Waals surface area contributed by atoms with E-state index in [2.05, 4.69) is 24.3 Å². The van der Waals surface area contributed by atoms with E-state index in [1.807, 2.05) is 55.5 Å². The second kappa shape index (κ2) is 10.5. The largest absolute Gasteiger partial charge is 0.477 e. The van der Waals surface area contributed by atoms with E-state index in [0.29, 0.717) is 5.57 Å². The summed E-state index contributed by atoms with van der Waals surface area (Å²) < 4.78 is 31.6.